The maximum absolute atomic E-state index is 5.60. The van der Waals surface area contributed by atoms with Crippen molar-refractivity contribution < 1.29 is 14.2 Å². The van der Waals surface area contributed by atoms with Gasteiger partial charge < -0.3 is 14.2 Å². The van der Waals surface area contributed by atoms with Crippen molar-refractivity contribution in [2.24, 2.45) is 0 Å². The first kappa shape index (κ1) is 12.2. The Morgan fingerprint density at radius 1 is 1.00 bits per heavy atom. The molecule has 0 radical (unpaired) electrons. The predicted octanol–water partition coefficient (Wildman–Crippen LogP) is 3.12. The molecule has 94 valence electrons. The van der Waals surface area contributed by atoms with E-state index in [1.54, 1.807) is 21.3 Å². The molecule has 1 aliphatic carbocycles. The predicted molar refractivity (Wildman–Crippen MR) is 66.9 cm³/mol. The Balaban J connectivity index is 2.56. The number of ether oxygens (including phenoxy) is 3. The number of rotatable bonds is 3. The van der Waals surface area contributed by atoms with Crippen LogP contribution in [0.15, 0.2) is 12.1 Å². The van der Waals surface area contributed by atoms with Gasteiger partial charge in [0.25, 0.3) is 0 Å². The zero-order valence-corrected chi connectivity index (χ0v) is 10.8. The zero-order valence-electron chi connectivity index (χ0n) is 10.8. The van der Waals surface area contributed by atoms with Gasteiger partial charge in [-0.25, -0.2) is 0 Å². The van der Waals surface area contributed by atoms with Gasteiger partial charge in [0, 0.05) is 18.2 Å². The van der Waals surface area contributed by atoms with E-state index < -0.39 is 0 Å². The third-order valence-electron chi connectivity index (χ3n) is 3.46. The first-order valence-corrected chi connectivity index (χ1v) is 6.08. The van der Waals surface area contributed by atoms with Gasteiger partial charge in [-0.05, 0) is 31.4 Å². The van der Waals surface area contributed by atoms with Crippen molar-refractivity contribution in [2.75, 3.05) is 21.3 Å². The largest absolute Gasteiger partial charge is 0.496 e. The second kappa shape index (κ2) is 5.41. The maximum atomic E-state index is 5.60. The third kappa shape index (κ3) is 2.25. The van der Waals surface area contributed by atoms with Crippen LogP contribution < -0.4 is 9.47 Å². The fourth-order valence-electron chi connectivity index (χ4n) is 2.61. The molecular weight excluding hydrogens is 216 g/mol. The molecule has 17 heavy (non-hydrogen) atoms. The quantitative estimate of drug-likeness (QED) is 0.755. The van der Waals surface area contributed by atoms with Crippen molar-refractivity contribution >= 4 is 0 Å². The van der Waals surface area contributed by atoms with Gasteiger partial charge in [0.1, 0.15) is 11.5 Å². The van der Waals surface area contributed by atoms with E-state index in [2.05, 4.69) is 0 Å². The van der Waals surface area contributed by atoms with Gasteiger partial charge in [-0.1, -0.05) is 6.42 Å². The van der Waals surface area contributed by atoms with E-state index in [0.717, 1.165) is 24.3 Å². The van der Waals surface area contributed by atoms with Gasteiger partial charge in [0.15, 0.2) is 0 Å². The zero-order chi connectivity index (χ0) is 12.3. The number of benzene rings is 1. The van der Waals surface area contributed by atoms with Gasteiger partial charge >= 0.3 is 0 Å². The van der Waals surface area contributed by atoms with Gasteiger partial charge in [0.2, 0.25) is 0 Å². The van der Waals surface area contributed by atoms with Crippen LogP contribution in [0.1, 0.15) is 36.5 Å². The van der Waals surface area contributed by atoms with Crippen molar-refractivity contribution in [3.05, 3.63) is 23.3 Å². The Hall–Kier alpha value is -1.22. The van der Waals surface area contributed by atoms with Crippen LogP contribution in [-0.2, 0) is 11.2 Å². The number of hydrogen-bond acceptors (Lipinski definition) is 3. The molecule has 0 N–H and O–H groups in total. The molecule has 1 aromatic rings. The second-order valence-corrected chi connectivity index (χ2v) is 4.33. The molecule has 0 fully saturated rings. The highest BCUT2D eigenvalue weighted by Crippen LogP contribution is 2.41. The molecule has 0 aromatic heterocycles. The molecule has 1 aliphatic rings. The summed E-state index contributed by atoms with van der Waals surface area (Å²) >= 11 is 0. The SMILES string of the molecule is COc1ccc(OC)c2c1CCCCC2OC. The molecule has 2 rings (SSSR count). The molecule has 0 heterocycles. The molecular formula is C14H20O3. The molecule has 1 atom stereocenters. The second-order valence-electron chi connectivity index (χ2n) is 4.33. The van der Waals surface area contributed by atoms with E-state index in [1.165, 1.54) is 24.0 Å². The summed E-state index contributed by atoms with van der Waals surface area (Å²) < 4.78 is 16.5. The Morgan fingerprint density at radius 2 is 1.71 bits per heavy atom. The number of methoxy groups -OCH3 is 3. The van der Waals surface area contributed by atoms with Gasteiger partial charge in [-0.2, -0.15) is 0 Å². The van der Waals surface area contributed by atoms with Gasteiger partial charge in [-0.15, -0.1) is 0 Å². The van der Waals surface area contributed by atoms with Crippen LogP contribution >= 0.6 is 0 Å². The first-order valence-electron chi connectivity index (χ1n) is 6.08. The van der Waals surface area contributed by atoms with E-state index in [-0.39, 0.29) is 6.10 Å². The van der Waals surface area contributed by atoms with Crippen LogP contribution in [0.5, 0.6) is 11.5 Å². The van der Waals surface area contributed by atoms with Crippen molar-refractivity contribution in [3.63, 3.8) is 0 Å². The summed E-state index contributed by atoms with van der Waals surface area (Å²) in [5.74, 6) is 1.86. The lowest BCUT2D eigenvalue weighted by molar-refractivity contribution is 0.0927. The summed E-state index contributed by atoms with van der Waals surface area (Å²) in [7, 11) is 5.19. The summed E-state index contributed by atoms with van der Waals surface area (Å²) in [5.41, 5.74) is 2.42. The summed E-state index contributed by atoms with van der Waals surface area (Å²) in [6.07, 6.45) is 4.57. The standard InChI is InChI=1S/C14H20O3/c1-15-11-8-9-13(17-3)14-10(11)6-4-5-7-12(14)16-2/h8-9,12H,4-7H2,1-3H3. The lowest BCUT2D eigenvalue weighted by Gasteiger charge is -2.21. The van der Waals surface area contributed by atoms with Gasteiger partial charge in [-0.3, -0.25) is 0 Å². The number of hydrogen-bond donors (Lipinski definition) is 0. The summed E-state index contributed by atoms with van der Waals surface area (Å²) in [6, 6.07) is 3.95. The van der Waals surface area contributed by atoms with Crippen LogP contribution in [0.25, 0.3) is 0 Å². The van der Waals surface area contributed by atoms with E-state index in [1.807, 2.05) is 12.1 Å². The van der Waals surface area contributed by atoms with Crippen molar-refractivity contribution in [1.82, 2.24) is 0 Å². The lowest BCUT2D eigenvalue weighted by Crippen LogP contribution is -2.06. The molecule has 3 nitrogen and oxygen atoms in total. The van der Waals surface area contributed by atoms with E-state index in [4.69, 9.17) is 14.2 Å². The minimum absolute atomic E-state index is 0.123. The summed E-state index contributed by atoms with van der Waals surface area (Å²) in [4.78, 5) is 0. The fraction of sp³-hybridized carbons (Fsp3) is 0.571. The molecule has 3 heteroatoms. The Labute approximate surface area is 103 Å². The Kier molecular flexibility index (Phi) is 3.89. The molecule has 0 bridgehead atoms. The highest BCUT2D eigenvalue weighted by molar-refractivity contribution is 5.50. The lowest BCUT2D eigenvalue weighted by atomic mass is 9.98. The van der Waals surface area contributed by atoms with E-state index >= 15 is 0 Å². The van der Waals surface area contributed by atoms with Crippen LogP contribution in [0.4, 0.5) is 0 Å². The minimum atomic E-state index is 0.123. The highest BCUT2D eigenvalue weighted by atomic mass is 16.5. The van der Waals surface area contributed by atoms with Crippen molar-refractivity contribution in [1.29, 1.82) is 0 Å². The third-order valence-corrected chi connectivity index (χ3v) is 3.46. The molecule has 0 saturated carbocycles. The van der Waals surface area contributed by atoms with E-state index in [0.29, 0.717) is 0 Å². The van der Waals surface area contributed by atoms with Crippen molar-refractivity contribution in [2.45, 2.75) is 31.8 Å². The van der Waals surface area contributed by atoms with Gasteiger partial charge in [0.05, 0.1) is 20.3 Å². The van der Waals surface area contributed by atoms with Crippen LogP contribution in [0, 0.1) is 0 Å². The average molecular weight is 236 g/mol. The monoisotopic (exact) mass is 236 g/mol. The molecule has 1 unspecified atom stereocenters. The van der Waals surface area contributed by atoms with Crippen LogP contribution in [-0.4, -0.2) is 21.3 Å². The highest BCUT2D eigenvalue weighted by Gasteiger charge is 2.24. The first-order chi connectivity index (χ1) is 8.31. The molecule has 0 spiro atoms. The topological polar surface area (TPSA) is 27.7 Å². The molecule has 1 aromatic carbocycles. The Morgan fingerprint density at radius 3 is 2.35 bits per heavy atom. The molecule has 0 aliphatic heterocycles. The smallest absolute Gasteiger partial charge is 0.125 e. The minimum Gasteiger partial charge on any atom is -0.496 e. The summed E-state index contributed by atoms with van der Waals surface area (Å²) in [5, 5.41) is 0. The molecule has 0 saturated heterocycles. The van der Waals surface area contributed by atoms with Crippen LogP contribution in [0.2, 0.25) is 0 Å². The summed E-state index contributed by atoms with van der Waals surface area (Å²) in [6.45, 7) is 0. The maximum Gasteiger partial charge on any atom is 0.125 e. The number of fused-ring (bicyclic) bond motifs is 1. The average Bonchev–Trinajstić information content (AvgIpc) is 2.59. The van der Waals surface area contributed by atoms with Crippen LogP contribution in [0.3, 0.4) is 0 Å². The van der Waals surface area contributed by atoms with E-state index in [9.17, 15) is 0 Å². The normalized spacial score (nSPS) is 19.4. The molecule has 0 amide bonds. The fourth-order valence-corrected chi connectivity index (χ4v) is 2.61. The Bertz CT molecular complexity index is 387. The van der Waals surface area contributed by atoms with Crippen molar-refractivity contribution in [3.8, 4) is 11.5 Å².